The monoisotopic (exact) mass is 318 g/mol. The number of nitrogens with one attached hydrogen (secondary N) is 1. The Bertz CT molecular complexity index is 644. The van der Waals surface area contributed by atoms with Crippen LogP contribution in [0.15, 0.2) is 48.7 Å². The lowest BCUT2D eigenvalue weighted by Gasteiger charge is -2.13. The second-order valence-corrected chi connectivity index (χ2v) is 5.08. The molecule has 1 aromatic heterocycles. The van der Waals surface area contributed by atoms with Crippen molar-refractivity contribution in [2.24, 2.45) is 0 Å². The van der Waals surface area contributed by atoms with E-state index < -0.39 is 18.0 Å². The van der Waals surface area contributed by atoms with Gasteiger partial charge in [0, 0.05) is 6.20 Å². The Hall–Kier alpha value is -2.40. The van der Waals surface area contributed by atoms with Gasteiger partial charge in [0.1, 0.15) is 5.82 Å². The van der Waals surface area contributed by atoms with Crippen LogP contribution >= 0.6 is 11.6 Å². The summed E-state index contributed by atoms with van der Waals surface area (Å²) in [6.07, 6.45) is 0.634. The Morgan fingerprint density at radius 1 is 1.23 bits per heavy atom. The van der Waals surface area contributed by atoms with E-state index in [4.69, 9.17) is 16.3 Å². The van der Waals surface area contributed by atoms with E-state index in [1.165, 1.54) is 13.1 Å². The molecule has 1 atom stereocenters. The number of esters is 1. The van der Waals surface area contributed by atoms with Crippen molar-refractivity contribution in [3.8, 4) is 0 Å². The number of aromatic nitrogens is 1. The smallest absolute Gasteiger partial charge is 0.311 e. The third-order valence-corrected chi connectivity index (χ3v) is 3.07. The lowest BCUT2D eigenvalue weighted by atomic mass is 10.1. The van der Waals surface area contributed by atoms with Gasteiger partial charge in [-0.05, 0) is 24.6 Å². The second-order valence-electron chi connectivity index (χ2n) is 4.65. The van der Waals surface area contributed by atoms with Gasteiger partial charge in [-0.1, -0.05) is 41.9 Å². The molecule has 114 valence electrons. The standard InChI is InChI=1S/C16H15ClN2O3/c1-11(16(21)19-14-8-7-13(17)10-18-14)22-15(20)9-12-5-3-2-4-6-12/h2-8,10-11H,9H2,1H3,(H,18,19,21)/t11-/m0/s1. The van der Waals surface area contributed by atoms with Crippen LogP contribution in [0.2, 0.25) is 5.02 Å². The zero-order valence-corrected chi connectivity index (χ0v) is 12.7. The van der Waals surface area contributed by atoms with Gasteiger partial charge < -0.3 is 10.1 Å². The molecule has 0 bridgehead atoms. The SMILES string of the molecule is C[C@H](OC(=O)Cc1ccccc1)C(=O)Nc1ccc(Cl)cn1. The van der Waals surface area contributed by atoms with Crippen LogP contribution in [0, 0.1) is 0 Å². The molecule has 0 radical (unpaired) electrons. The predicted octanol–water partition coefficient (Wildman–Crippen LogP) is 2.85. The third kappa shape index (κ3) is 4.86. The van der Waals surface area contributed by atoms with Crippen molar-refractivity contribution in [3.05, 3.63) is 59.2 Å². The summed E-state index contributed by atoms with van der Waals surface area (Å²) in [6.45, 7) is 1.51. The van der Waals surface area contributed by atoms with Gasteiger partial charge in [0.2, 0.25) is 0 Å². The molecular weight excluding hydrogens is 304 g/mol. The molecule has 0 saturated carbocycles. The number of hydrogen-bond acceptors (Lipinski definition) is 4. The van der Waals surface area contributed by atoms with Gasteiger partial charge in [-0.3, -0.25) is 9.59 Å². The van der Waals surface area contributed by atoms with E-state index in [-0.39, 0.29) is 6.42 Å². The highest BCUT2D eigenvalue weighted by atomic mass is 35.5. The van der Waals surface area contributed by atoms with Crippen molar-refractivity contribution in [2.75, 3.05) is 5.32 Å². The van der Waals surface area contributed by atoms with Crippen molar-refractivity contribution >= 4 is 29.3 Å². The van der Waals surface area contributed by atoms with E-state index in [1.54, 1.807) is 12.1 Å². The minimum Gasteiger partial charge on any atom is -0.452 e. The largest absolute Gasteiger partial charge is 0.452 e. The number of rotatable bonds is 5. The van der Waals surface area contributed by atoms with Crippen molar-refractivity contribution in [3.63, 3.8) is 0 Å². The molecule has 2 aromatic rings. The van der Waals surface area contributed by atoms with Crippen LogP contribution in [-0.4, -0.2) is 23.0 Å². The highest BCUT2D eigenvalue weighted by Gasteiger charge is 2.18. The molecule has 0 unspecified atom stereocenters. The Balaban J connectivity index is 1.85. The van der Waals surface area contributed by atoms with Gasteiger partial charge in [-0.2, -0.15) is 0 Å². The molecule has 5 nitrogen and oxygen atoms in total. The summed E-state index contributed by atoms with van der Waals surface area (Å²) in [4.78, 5) is 27.7. The molecule has 22 heavy (non-hydrogen) atoms. The average Bonchev–Trinajstić information content (AvgIpc) is 2.50. The number of carbonyl (C=O) groups is 2. The van der Waals surface area contributed by atoms with Crippen LogP contribution < -0.4 is 5.32 Å². The Labute approximate surface area is 133 Å². The number of benzene rings is 1. The fourth-order valence-electron chi connectivity index (χ4n) is 1.73. The summed E-state index contributed by atoms with van der Waals surface area (Å²) in [5.41, 5.74) is 0.833. The zero-order chi connectivity index (χ0) is 15.9. The maximum atomic E-state index is 11.9. The summed E-state index contributed by atoms with van der Waals surface area (Å²) in [5.74, 6) is -0.561. The number of pyridine rings is 1. The van der Waals surface area contributed by atoms with E-state index in [0.29, 0.717) is 10.8 Å². The van der Waals surface area contributed by atoms with Crippen molar-refractivity contribution in [1.82, 2.24) is 4.98 Å². The topological polar surface area (TPSA) is 68.3 Å². The van der Waals surface area contributed by atoms with Crippen LogP contribution in [0.5, 0.6) is 0 Å². The summed E-state index contributed by atoms with van der Waals surface area (Å²) in [7, 11) is 0. The van der Waals surface area contributed by atoms with Crippen LogP contribution in [0.1, 0.15) is 12.5 Å². The number of amides is 1. The molecule has 1 N–H and O–H groups in total. The maximum Gasteiger partial charge on any atom is 0.311 e. The highest BCUT2D eigenvalue weighted by Crippen LogP contribution is 2.10. The van der Waals surface area contributed by atoms with Crippen LogP contribution in [0.25, 0.3) is 0 Å². The molecule has 0 aliphatic rings. The first-order valence-electron chi connectivity index (χ1n) is 6.70. The molecule has 1 aromatic carbocycles. The number of nitrogens with zero attached hydrogens (tertiary/aromatic N) is 1. The number of carbonyl (C=O) groups excluding carboxylic acids is 2. The van der Waals surface area contributed by atoms with E-state index in [1.807, 2.05) is 30.3 Å². The third-order valence-electron chi connectivity index (χ3n) is 2.85. The maximum absolute atomic E-state index is 11.9. The lowest BCUT2D eigenvalue weighted by molar-refractivity contribution is -0.152. The second kappa shape index (κ2) is 7.56. The average molecular weight is 319 g/mol. The molecular formula is C16H15ClN2O3. The van der Waals surface area contributed by atoms with Crippen molar-refractivity contribution < 1.29 is 14.3 Å². The number of hydrogen-bond donors (Lipinski definition) is 1. The van der Waals surface area contributed by atoms with Crippen molar-refractivity contribution in [1.29, 1.82) is 0 Å². The molecule has 0 aliphatic carbocycles. The molecule has 0 saturated heterocycles. The molecule has 6 heteroatoms. The first kappa shape index (κ1) is 16.0. The molecule has 1 heterocycles. The van der Waals surface area contributed by atoms with Crippen LogP contribution in [0.4, 0.5) is 5.82 Å². The molecule has 2 rings (SSSR count). The van der Waals surface area contributed by atoms with Gasteiger partial charge in [0.25, 0.3) is 5.91 Å². The Morgan fingerprint density at radius 2 is 1.95 bits per heavy atom. The Morgan fingerprint density at radius 3 is 2.59 bits per heavy atom. The van der Waals surface area contributed by atoms with Gasteiger partial charge in [0.05, 0.1) is 11.4 Å². The van der Waals surface area contributed by atoms with E-state index >= 15 is 0 Å². The molecule has 0 fully saturated rings. The number of halogens is 1. The first-order chi connectivity index (χ1) is 10.5. The lowest BCUT2D eigenvalue weighted by Crippen LogP contribution is -2.30. The molecule has 0 spiro atoms. The number of anilines is 1. The molecule has 1 amide bonds. The minimum atomic E-state index is -0.909. The van der Waals surface area contributed by atoms with E-state index in [2.05, 4.69) is 10.3 Å². The quantitative estimate of drug-likeness (QED) is 0.861. The highest BCUT2D eigenvalue weighted by molar-refractivity contribution is 6.30. The van der Waals surface area contributed by atoms with Gasteiger partial charge >= 0.3 is 5.97 Å². The van der Waals surface area contributed by atoms with Gasteiger partial charge in [-0.15, -0.1) is 0 Å². The summed E-state index contributed by atoms with van der Waals surface area (Å²) in [6, 6.07) is 12.4. The van der Waals surface area contributed by atoms with Gasteiger partial charge in [-0.25, -0.2) is 4.98 Å². The van der Waals surface area contributed by atoms with Crippen LogP contribution in [-0.2, 0) is 20.7 Å². The summed E-state index contributed by atoms with van der Waals surface area (Å²) >= 11 is 5.71. The summed E-state index contributed by atoms with van der Waals surface area (Å²) < 4.78 is 5.11. The predicted molar refractivity (Wildman–Crippen MR) is 83.6 cm³/mol. The first-order valence-corrected chi connectivity index (χ1v) is 7.08. The molecule has 0 aliphatic heterocycles. The summed E-state index contributed by atoms with van der Waals surface area (Å²) in [5, 5.41) is 3.02. The van der Waals surface area contributed by atoms with E-state index in [0.717, 1.165) is 5.56 Å². The van der Waals surface area contributed by atoms with Crippen LogP contribution in [0.3, 0.4) is 0 Å². The number of ether oxygens (including phenoxy) is 1. The van der Waals surface area contributed by atoms with Crippen molar-refractivity contribution in [2.45, 2.75) is 19.4 Å². The zero-order valence-electron chi connectivity index (χ0n) is 12.0. The van der Waals surface area contributed by atoms with E-state index in [9.17, 15) is 9.59 Å². The normalized spacial score (nSPS) is 11.5. The minimum absolute atomic E-state index is 0.123. The van der Waals surface area contributed by atoms with Gasteiger partial charge in [0.15, 0.2) is 6.10 Å². The fourth-order valence-corrected chi connectivity index (χ4v) is 1.84. The fraction of sp³-hybridized carbons (Fsp3) is 0.188. The Kier molecular flexibility index (Phi) is 5.49.